The van der Waals surface area contributed by atoms with Crippen molar-refractivity contribution in [2.45, 2.75) is 20.1 Å². The number of nitrogens with zero attached hydrogens (tertiary/aromatic N) is 1. The number of ether oxygens (including phenoxy) is 2. The summed E-state index contributed by atoms with van der Waals surface area (Å²) in [6.07, 6.45) is 1.63. The molecule has 0 amide bonds. The Balaban J connectivity index is 1.71. The number of rotatable bonds is 9. The average molecular weight is 533 g/mol. The largest absolute Gasteiger partial charge is 0.490 e. The minimum atomic E-state index is 0.254. The first-order valence-electron chi connectivity index (χ1n) is 9.61. The van der Waals surface area contributed by atoms with Crippen LogP contribution >= 0.6 is 58.0 Å². The van der Waals surface area contributed by atoms with Gasteiger partial charge < -0.3 is 14.9 Å². The molecule has 0 radical (unpaired) electrons. The molecule has 0 saturated heterocycles. The van der Waals surface area contributed by atoms with Crippen LogP contribution < -0.4 is 14.9 Å². The van der Waals surface area contributed by atoms with Gasteiger partial charge in [-0.15, -0.1) is 0 Å². The number of hydrazone groups is 1. The van der Waals surface area contributed by atoms with Crippen molar-refractivity contribution in [3.05, 3.63) is 90.3 Å². The Morgan fingerprint density at radius 3 is 2.28 bits per heavy atom. The van der Waals surface area contributed by atoms with Gasteiger partial charge in [-0.3, -0.25) is 0 Å². The summed E-state index contributed by atoms with van der Waals surface area (Å²) >= 11 is 30.9. The van der Waals surface area contributed by atoms with Crippen LogP contribution in [0.2, 0.25) is 25.1 Å². The van der Waals surface area contributed by atoms with Gasteiger partial charge in [0.05, 0.1) is 34.4 Å². The fourth-order valence-electron chi connectivity index (χ4n) is 2.80. The first-order valence-corrected chi connectivity index (χ1v) is 11.5. The minimum absolute atomic E-state index is 0.254. The van der Waals surface area contributed by atoms with E-state index in [0.29, 0.717) is 49.8 Å². The lowest BCUT2D eigenvalue weighted by atomic mass is 10.2. The molecule has 0 aliphatic rings. The molecule has 0 saturated carbocycles. The van der Waals surface area contributed by atoms with Crippen LogP contribution in [0, 0.1) is 0 Å². The lowest BCUT2D eigenvalue weighted by molar-refractivity contribution is 0.269. The van der Waals surface area contributed by atoms with Crippen LogP contribution in [0.3, 0.4) is 0 Å². The summed E-state index contributed by atoms with van der Waals surface area (Å²) in [5.41, 5.74) is 5.29. The van der Waals surface area contributed by atoms with Crippen LogP contribution in [-0.4, -0.2) is 12.8 Å². The SMILES string of the molecule is CCOc1cc(/C=N/NCc2c(Cl)cccc2Cl)cc(Cl)c1OCc1ccc(Cl)c(Cl)c1. The van der Waals surface area contributed by atoms with Crippen molar-refractivity contribution >= 4 is 64.2 Å². The molecule has 0 fully saturated rings. The molecule has 1 N–H and O–H groups in total. The molecule has 0 spiro atoms. The highest BCUT2D eigenvalue weighted by Crippen LogP contribution is 2.37. The molecule has 3 rings (SSSR count). The second kappa shape index (κ2) is 11.9. The summed E-state index contributed by atoms with van der Waals surface area (Å²) < 4.78 is 11.6. The number of hydrogen-bond acceptors (Lipinski definition) is 4. The number of halogens is 5. The van der Waals surface area contributed by atoms with Crippen molar-refractivity contribution in [3.63, 3.8) is 0 Å². The lowest BCUT2D eigenvalue weighted by Crippen LogP contribution is -2.07. The van der Waals surface area contributed by atoms with Gasteiger partial charge in [0.15, 0.2) is 11.5 Å². The second-order valence-corrected chi connectivity index (χ2v) is 8.63. The summed E-state index contributed by atoms with van der Waals surface area (Å²) in [6, 6.07) is 14.2. The fourth-order valence-corrected chi connectivity index (χ4v) is 3.92. The molecule has 3 aromatic rings. The van der Waals surface area contributed by atoms with E-state index < -0.39 is 0 Å². The van der Waals surface area contributed by atoms with Crippen LogP contribution in [0.4, 0.5) is 0 Å². The maximum Gasteiger partial charge on any atom is 0.180 e. The topological polar surface area (TPSA) is 42.8 Å². The van der Waals surface area contributed by atoms with Gasteiger partial charge in [-0.2, -0.15) is 5.10 Å². The maximum atomic E-state index is 6.47. The molecule has 0 aliphatic carbocycles. The van der Waals surface area contributed by atoms with Gasteiger partial charge in [0.2, 0.25) is 0 Å². The average Bonchev–Trinajstić information content (AvgIpc) is 2.75. The quantitative estimate of drug-likeness (QED) is 0.224. The molecule has 3 aromatic carbocycles. The predicted molar refractivity (Wildman–Crippen MR) is 134 cm³/mol. The lowest BCUT2D eigenvalue weighted by Gasteiger charge is -2.15. The Morgan fingerprint density at radius 1 is 0.844 bits per heavy atom. The van der Waals surface area contributed by atoms with Crippen LogP contribution in [0.15, 0.2) is 53.6 Å². The van der Waals surface area contributed by atoms with Gasteiger partial charge in [0.1, 0.15) is 6.61 Å². The zero-order valence-electron chi connectivity index (χ0n) is 17.0. The van der Waals surface area contributed by atoms with Crippen LogP contribution in [-0.2, 0) is 13.2 Å². The third-order valence-electron chi connectivity index (χ3n) is 4.32. The number of nitrogens with one attached hydrogen (secondary N) is 1. The van der Waals surface area contributed by atoms with Crippen LogP contribution in [0.1, 0.15) is 23.6 Å². The molecule has 32 heavy (non-hydrogen) atoms. The van der Waals surface area contributed by atoms with E-state index in [1.807, 2.05) is 13.0 Å². The molecule has 0 bridgehead atoms. The van der Waals surface area contributed by atoms with E-state index in [0.717, 1.165) is 16.7 Å². The van der Waals surface area contributed by atoms with E-state index in [1.54, 1.807) is 48.7 Å². The summed E-state index contributed by atoms with van der Waals surface area (Å²) in [6.45, 7) is 2.96. The van der Waals surface area contributed by atoms with E-state index in [2.05, 4.69) is 10.5 Å². The Kier molecular flexibility index (Phi) is 9.21. The van der Waals surface area contributed by atoms with Crippen LogP contribution in [0.25, 0.3) is 0 Å². The molecule has 0 heterocycles. The molecule has 0 aromatic heterocycles. The van der Waals surface area contributed by atoms with E-state index >= 15 is 0 Å². The molecule has 168 valence electrons. The molecule has 0 unspecified atom stereocenters. The summed E-state index contributed by atoms with van der Waals surface area (Å²) in [5.74, 6) is 0.947. The van der Waals surface area contributed by atoms with Crippen molar-refractivity contribution in [1.82, 2.24) is 5.43 Å². The molecule has 4 nitrogen and oxygen atoms in total. The smallest absolute Gasteiger partial charge is 0.180 e. The van der Waals surface area contributed by atoms with Gasteiger partial charge in [0, 0.05) is 15.6 Å². The Bertz CT molecular complexity index is 1100. The third-order valence-corrected chi connectivity index (χ3v) is 6.05. The zero-order valence-corrected chi connectivity index (χ0v) is 20.8. The summed E-state index contributed by atoms with van der Waals surface area (Å²) in [7, 11) is 0. The summed E-state index contributed by atoms with van der Waals surface area (Å²) in [5, 5.41) is 6.72. The predicted octanol–water partition coefficient (Wildman–Crippen LogP) is 8.06. The highest BCUT2D eigenvalue weighted by atomic mass is 35.5. The van der Waals surface area contributed by atoms with E-state index in [9.17, 15) is 0 Å². The standard InChI is InChI=1S/C23H19Cl5N2O2/c1-2-31-22-10-15(11-29-30-12-16-17(24)4-3-5-18(16)25)9-21(28)23(22)32-13-14-6-7-19(26)20(27)8-14/h3-11,30H,2,12-13H2,1H3/b29-11+. The molecular formula is C23H19Cl5N2O2. The number of benzene rings is 3. The highest BCUT2D eigenvalue weighted by Gasteiger charge is 2.13. The molecule has 9 heteroatoms. The molecule has 0 aliphatic heterocycles. The van der Waals surface area contributed by atoms with Crippen molar-refractivity contribution in [1.29, 1.82) is 0 Å². The van der Waals surface area contributed by atoms with Gasteiger partial charge in [0.25, 0.3) is 0 Å². The Labute approximate surface area is 212 Å². The van der Waals surface area contributed by atoms with E-state index in [4.69, 9.17) is 67.5 Å². The van der Waals surface area contributed by atoms with Crippen molar-refractivity contribution in [2.75, 3.05) is 6.61 Å². The second-order valence-electron chi connectivity index (χ2n) is 6.59. The zero-order chi connectivity index (χ0) is 23.1. The van der Waals surface area contributed by atoms with Crippen molar-refractivity contribution in [3.8, 4) is 11.5 Å². The Hall–Kier alpha value is -1.82. The normalized spacial score (nSPS) is 11.1. The monoisotopic (exact) mass is 530 g/mol. The van der Waals surface area contributed by atoms with E-state index in [1.165, 1.54) is 0 Å². The fraction of sp³-hybridized carbons (Fsp3) is 0.174. The van der Waals surface area contributed by atoms with Crippen molar-refractivity contribution < 1.29 is 9.47 Å². The Morgan fingerprint density at radius 2 is 1.59 bits per heavy atom. The van der Waals surface area contributed by atoms with Gasteiger partial charge in [-0.1, -0.05) is 70.1 Å². The van der Waals surface area contributed by atoms with Crippen molar-refractivity contribution in [2.24, 2.45) is 5.10 Å². The van der Waals surface area contributed by atoms with Gasteiger partial charge in [-0.25, -0.2) is 0 Å². The minimum Gasteiger partial charge on any atom is -0.490 e. The third kappa shape index (κ3) is 6.60. The van der Waals surface area contributed by atoms with Crippen LogP contribution in [0.5, 0.6) is 11.5 Å². The highest BCUT2D eigenvalue weighted by molar-refractivity contribution is 6.42. The van der Waals surface area contributed by atoms with Gasteiger partial charge >= 0.3 is 0 Å². The van der Waals surface area contributed by atoms with Gasteiger partial charge in [-0.05, 0) is 54.4 Å². The van der Waals surface area contributed by atoms with E-state index in [-0.39, 0.29) is 6.61 Å². The summed E-state index contributed by atoms with van der Waals surface area (Å²) in [4.78, 5) is 0. The maximum absolute atomic E-state index is 6.47. The first-order chi connectivity index (χ1) is 15.4. The molecular weight excluding hydrogens is 514 g/mol. The number of hydrogen-bond donors (Lipinski definition) is 1. The molecule has 0 atom stereocenters. The first kappa shape index (κ1) is 24.8.